The van der Waals surface area contributed by atoms with Crippen molar-refractivity contribution in [2.75, 3.05) is 7.11 Å². The van der Waals surface area contributed by atoms with Gasteiger partial charge in [0.2, 0.25) is 0 Å². The molecule has 5 nitrogen and oxygen atoms in total. The minimum absolute atomic E-state index is 0.298. The normalized spacial score (nSPS) is 15.8. The topological polar surface area (TPSA) is 58.6 Å². The molecule has 0 saturated carbocycles. The summed E-state index contributed by atoms with van der Waals surface area (Å²) in [7, 11) is 1.55. The second kappa shape index (κ2) is 7.38. The Kier molecular flexibility index (Phi) is 5.22. The van der Waals surface area contributed by atoms with Crippen LogP contribution in [0.15, 0.2) is 41.3 Å². The summed E-state index contributed by atoms with van der Waals surface area (Å²) in [5.74, 6) is -0.0913. The van der Waals surface area contributed by atoms with Gasteiger partial charge in [-0.05, 0) is 61.6 Å². The predicted molar refractivity (Wildman–Crippen MR) is 105 cm³/mol. The van der Waals surface area contributed by atoms with Gasteiger partial charge in [0.15, 0.2) is 4.32 Å². The predicted octanol–water partition coefficient (Wildman–Crippen LogP) is 3.61. The van der Waals surface area contributed by atoms with Gasteiger partial charge in [-0.2, -0.15) is 5.01 Å². The number of amides is 2. The molecule has 128 valence electrons. The number of carbonyl (C=O) groups excluding carboxylic acids is 2. The van der Waals surface area contributed by atoms with Gasteiger partial charge in [-0.3, -0.25) is 15.0 Å². The van der Waals surface area contributed by atoms with Gasteiger partial charge in [0.1, 0.15) is 5.75 Å². The number of methoxy groups -OCH3 is 1. The average Bonchev–Trinajstić information content (AvgIpc) is 3.13. The van der Waals surface area contributed by atoms with Gasteiger partial charge in [0, 0.05) is 15.3 Å². The Labute approximate surface area is 158 Å². The van der Waals surface area contributed by atoms with Crippen LogP contribution < -0.4 is 10.2 Å². The zero-order valence-electron chi connectivity index (χ0n) is 13.4. The van der Waals surface area contributed by atoms with E-state index in [1.165, 1.54) is 11.8 Å². The van der Waals surface area contributed by atoms with Crippen LogP contribution in [0, 0.1) is 6.92 Å². The van der Waals surface area contributed by atoms with E-state index in [0.29, 0.717) is 20.5 Å². The number of hydrogen-bond acceptors (Lipinski definition) is 6. The van der Waals surface area contributed by atoms with Gasteiger partial charge >= 0.3 is 0 Å². The van der Waals surface area contributed by atoms with E-state index < -0.39 is 5.91 Å². The maximum absolute atomic E-state index is 12.5. The molecular formula is C17H14N2O3S3. The van der Waals surface area contributed by atoms with Crippen LogP contribution in [-0.4, -0.2) is 28.3 Å². The maximum atomic E-state index is 12.5. The molecule has 0 spiro atoms. The molecule has 8 heteroatoms. The van der Waals surface area contributed by atoms with Crippen LogP contribution >= 0.6 is 35.3 Å². The molecular weight excluding hydrogens is 376 g/mol. The third kappa shape index (κ3) is 3.92. The van der Waals surface area contributed by atoms with Crippen molar-refractivity contribution in [3.05, 3.63) is 56.6 Å². The summed E-state index contributed by atoms with van der Waals surface area (Å²) >= 11 is 7.98. The lowest BCUT2D eigenvalue weighted by molar-refractivity contribution is -0.123. The molecule has 2 heterocycles. The Morgan fingerprint density at radius 3 is 2.56 bits per heavy atom. The highest BCUT2D eigenvalue weighted by atomic mass is 32.2. The van der Waals surface area contributed by atoms with Crippen molar-refractivity contribution < 1.29 is 14.3 Å². The van der Waals surface area contributed by atoms with E-state index in [4.69, 9.17) is 17.0 Å². The summed E-state index contributed by atoms with van der Waals surface area (Å²) in [6.07, 6.45) is 1.79. The molecule has 1 aliphatic heterocycles. The second-order valence-electron chi connectivity index (χ2n) is 5.13. The van der Waals surface area contributed by atoms with Crippen molar-refractivity contribution in [2.24, 2.45) is 0 Å². The first-order valence-corrected chi connectivity index (χ1v) is 9.31. The SMILES string of the molecule is COc1ccc(C(=O)NN2C(=O)C(=Cc3ccc(C)s3)SC2=S)cc1. The minimum Gasteiger partial charge on any atom is -0.497 e. The number of hydrazine groups is 1. The molecule has 0 unspecified atom stereocenters. The highest BCUT2D eigenvalue weighted by molar-refractivity contribution is 8.26. The second-order valence-corrected chi connectivity index (χ2v) is 8.13. The molecule has 1 aromatic carbocycles. The quantitative estimate of drug-likeness (QED) is 0.638. The number of hydrogen-bond donors (Lipinski definition) is 1. The Morgan fingerprint density at radius 1 is 1.24 bits per heavy atom. The molecule has 3 rings (SSSR count). The van der Waals surface area contributed by atoms with E-state index in [1.807, 2.05) is 19.1 Å². The van der Waals surface area contributed by atoms with Crippen molar-refractivity contribution in [2.45, 2.75) is 6.92 Å². The molecule has 1 saturated heterocycles. The van der Waals surface area contributed by atoms with E-state index in [1.54, 1.807) is 48.8 Å². The Bertz CT molecular complexity index is 872. The van der Waals surface area contributed by atoms with Crippen LogP contribution in [0.1, 0.15) is 20.1 Å². The lowest BCUT2D eigenvalue weighted by Crippen LogP contribution is -2.44. The van der Waals surface area contributed by atoms with Gasteiger partial charge in [-0.25, -0.2) is 0 Å². The Balaban J connectivity index is 1.74. The largest absolute Gasteiger partial charge is 0.497 e. The lowest BCUT2D eigenvalue weighted by atomic mass is 10.2. The molecule has 25 heavy (non-hydrogen) atoms. The average molecular weight is 391 g/mol. The van der Waals surface area contributed by atoms with Crippen LogP contribution in [0.4, 0.5) is 0 Å². The van der Waals surface area contributed by atoms with Crippen molar-refractivity contribution in [3.8, 4) is 5.75 Å². The number of carbonyl (C=O) groups is 2. The fraction of sp³-hybridized carbons (Fsp3) is 0.118. The zero-order valence-corrected chi connectivity index (χ0v) is 15.9. The molecule has 1 fully saturated rings. The number of benzene rings is 1. The maximum Gasteiger partial charge on any atom is 0.285 e. The number of nitrogens with one attached hydrogen (secondary N) is 1. The molecule has 1 aromatic heterocycles. The highest BCUT2D eigenvalue weighted by Gasteiger charge is 2.33. The molecule has 1 N–H and O–H groups in total. The number of aryl methyl sites for hydroxylation is 1. The number of rotatable bonds is 4. The summed E-state index contributed by atoms with van der Waals surface area (Å²) in [4.78, 5) is 27.5. The van der Waals surface area contributed by atoms with Crippen LogP contribution in [0.5, 0.6) is 5.75 Å². The lowest BCUT2D eigenvalue weighted by Gasteiger charge is -2.15. The first-order valence-electron chi connectivity index (χ1n) is 7.27. The number of ether oxygens (including phenoxy) is 1. The van der Waals surface area contributed by atoms with E-state index in [-0.39, 0.29) is 5.91 Å². The van der Waals surface area contributed by atoms with E-state index in [9.17, 15) is 9.59 Å². The van der Waals surface area contributed by atoms with E-state index in [2.05, 4.69) is 5.43 Å². The Morgan fingerprint density at radius 2 is 1.96 bits per heavy atom. The third-order valence-corrected chi connectivity index (χ3v) is 5.64. The van der Waals surface area contributed by atoms with Crippen molar-refractivity contribution in [1.29, 1.82) is 0 Å². The van der Waals surface area contributed by atoms with Gasteiger partial charge in [-0.1, -0.05) is 11.8 Å². The first-order chi connectivity index (χ1) is 12.0. The van der Waals surface area contributed by atoms with Gasteiger partial charge < -0.3 is 4.74 Å². The highest BCUT2D eigenvalue weighted by Crippen LogP contribution is 2.32. The molecule has 0 atom stereocenters. The summed E-state index contributed by atoms with van der Waals surface area (Å²) < 4.78 is 5.36. The molecule has 1 aliphatic rings. The summed E-state index contributed by atoms with van der Waals surface area (Å²) in [5, 5.41) is 1.11. The van der Waals surface area contributed by atoms with Crippen molar-refractivity contribution >= 4 is 57.5 Å². The molecule has 0 bridgehead atoms. The minimum atomic E-state index is -0.410. The fourth-order valence-corrected chi connectivity index (χ4v) is 4.20. The number of thioether (sulfide) groups is 1. The first kappa shape index (κ1) is 17.7. The fourth-order valence-electron chi connectivity index (χ4n) is 2.13. The van der Waals surface area contributed by atoms with E-state index >= 15 is 0 Å². The smallest absolute Gasteiger partial charge is 0.285 e. The number of thiophene rings is 1. The molecule has 2 aromatic rings. The summed E-state index contributed by atoms with van der Waals surface area (Å²) in [6.45, 7) is 2.00. The van der Waals surface area contributed by atoms with Crippen LogP contribution in [0.3, 0.4) is 0 Å². The third-order valence-electron chi connectivity index (χ3n) is 3.39. The van der Waals surface area contributed by atoms with E-state index in [0.717, 1.165) is 14.8 Å². The summed E-state index contributed by atoms with van der Waals surface area (Å²) in [6, 6.07) is 10.5. The number of nitrogens with zero attached hydrogens (tertiary/aromatic N) is 1. The van der Waals surface area contributed by atoms with Gasteiger partial charge in [-0.15, -0.1) is 11.3 Å². The Hall–Kier alpha value is -2.16. The van der Waals surface area contributed by atoms with Crippen LogP contribution in [0.2, 0.25) is 0 Å². The monoisotopic (exact) mass is 390 g/mol. The van der Waals surface area contributed by atoms with Crippen LogP contribution in [0.25, 0.3) is 6.08 Å². The van der Waals surface area contributed by atoms with Crippen molar-refractivity contribution in [1.82, 2.24) is 10.4 Å². The molecule has 0 aliphatic carbocycles. The zero-order chi connectivity index (χ0) is 18.0. The summed E-state index contributed by atoms with van der Waals surface area (Å²) in [5.41, 5.74) is 2.97. The van der Waals surface area contributed by atoms with Crippen molar-refractivity contribution in [3.63, 3.8) is 0 Å². The molecule has 2 amide bonds. The number of thiocarbonyl (C=S) groups is 1. The van der Waals surface area contributed by atoms with Gasteiger partial charge in [0.25, 0.3) is 11.8 Å². The van der Waals surface area contributed by atoms with Crippen LogP contribution in [-0.2, 0) is 4.79 Å². The molecule has 0 radical (unpaired) electrons. The van der Waals surface area contributed by atoms with Gasteiger partial charge in [0.05, 0.1) is 12.0 Å². The standard InChI is InChI=1S/C17H14N2O3S3/c1-10-3-8-13(24-10)9-14-16(21)19(17(23)25-14)18-15(20)11-4-6-12(22-2)7-5-11/h3-9H,1-2H3,(H,18,20).